The van der Waals surface area contributed by atoms with Gasteiger partial charge in [-0.25, -0.2) is 0 Å². The van der Waals surface area contributed by atoms with Gasteiger partial charge in [-0.15, -0.1) is 0 Å². The van der Waals surface area contributed by atoms with E-state index >= 15 is 0 Å². The average Bonchev–Trinajstić information content (AvgIpc) is 2.76. The van der Waals surface area contributed by atoms with E-state index in [1.807, 2.05) is 13.8 Å². The number of hydrogen-bond acceptors (Lipinski definition) is 2. The van der Waals surface area contributed by atoms with Crippen LogP contribution in [0.2, 0.25) is 0 Å². The highest BCUT2D eigenvalue weighted by molar-refractivity contribution is 7.80. The topological polar surface area (TPSA) is 36.4 Å². The van der Waals surface area contributed by atoms with E-state index in [0.717, 1.165) is 17.5 Å². The first-order valence-corrected chi connectivity index (χ1v) is 6.13. The van der Waals surface area contributed by atoms with Gasteiger partial charge in [-0.2, -0.15) is 5.10 Å². The van der Waals surface area contributed by atoms with Crippen LogP contribution in [0.1, 0.15) is 39.5 Å². The first-order chi connectivity index (χ1) is 7.15. The molecule has 0 amide bonds. The summed E-state index contributed by atoms with van der Waals surface area (Å²) in [6, 6.07) is 0.594. The molecule has 0 aromatic heterocycles. The van der Waals surface area contributed by atoms with E-state index in [2.05, 4.69) is 15.8 Å². The fourth-order valence-electron chi connectivity index (χ4n) is 2.78. The molecule has 3 atom stereocenters. The molecule has 2 saturated carbocycles. The van der Waals surface area contributed by atoms with Gasteiger partial charge in [0.25, 0.3) is 0 Å². The molecule has 2 rings (SSSR count). The number of nitrogens with zero attached hydrogens (tertiary/aromatic N) is 1. The molecule has 3 nitrogen and oxygen atoms in total. The van der Waals surface area contributed by atoms with Crippen LogP contribution in [-0.4, -0.2) is 16.9 Å². The molecule has 0 unspecified atom stereocenters. The normalized spacial score (nSPS) is 32.5. The van der Waals surface area contributed by atoms with E-state index in [9.17, 15) is 0 Å². The van der Waals surface area contributed by atoms with Crippen molar-refractivity contribution in [2.45, 2.75) is 45.6 Å². The van der Waals surface area contributed by atoms with Gasteiger partial charge in [0.15, 0.2) is 5.11 Å². The first kappa shape index (κ1) is 10.9. The third-order valence-electron chi connectivity index (χ3n) is 3.44. The summed E-state index contributed by atoms with van der Waals surface area (Å²) in [5.74, 6) is 1.80. The maximum atomic E-state index is 5.20. The standard InChI is InChI=1S/C11H19N3S/c1-7(2)13-14-11(15)12-10-6-8-3-4-9(10)5-8/h8-10H,3-6H2,1-2H3,(H2,12,14,15)/t8-,9+,10-/m1/s1. The van der Waals surface area contributed by atoms with Crippen molar-refractivity contribution in [2.75, 3.05) is 0 Å². The van der Waals surface area contributed by atoms with E-state index in [4.69, 9.17) is 12.2 Å². The van der Waals surface area contributed by atoms with Gasteiger partial charge in [0.2, 0.25) is 0 Å². The zero-order valence-electron chi connectivity index (χ0n) is 9.42. The number of rotatable bonds is 2. The Morgan fingerprint density at radius 3 is 2.60 bits per heavy atom. The molecule has 0 spiro atoms. The summed E-state index contributed by atoms with van der Waals surface area (Å²) >= 11 is 5.20. The van der Waals surface area contributed by atoms with Crippen LogP contribution in [0.4, 0.5) is 0 Å². The summed E-state index contributed by atoms with van der Waals surface area (Å²) in [5.41, 5.74) is 3.87. The molecule has 2 aliphatic rings. The van der Waals surface area contributed by atoms with Crippen LogP contribution in [0, 0.1) is 11.8 Å². The van der Waals surface area contributed by atoms with Crippen LogP contribution in [0.25, 0.3) is 0 Å². The SMILES string of the molecule is CC(C)=NNC(=S)N[C@@H]1C[C@@H]2CC[C@H]1C2. The van der Waals surface area contributed by atoms with Crippen molar-refractivity contribution >= 4 is 23.0 Å². The molecule has 2 aliphatic carbocycles. The van der Waals surface area contributed by atoms with Gasteiger partial charge in [0, 0.05) is 11.8 Å². The van der Waals surface area contributed by atoms with Crippen LogP contribution in [-0.2, 0) is 0 Å². The average molecular weight is 225 g/mol. The van der Waals surface area contributed by atoms with Crippen molar-refractivity contribution in [1.29, 1.82) is 0 Å². The Kier molecular flexibility index (Phi) is 3.24. The highest BCUT2D eigenvalue weighted by atomic mass is 32.1. The summed E-state index contributed by atoms with van der Waals surface area (Å²) in [6.45, 7) is 3.90. The van der Waals surface area contributed by atoms with Gasteiger partial charge < -0.3 is 5.32 Å². The molecule has 0 heterocycles. The van der Waals surface area contributed by atoms with Gasteiger partial charge in [-0.3, -0.25) is 5.43 Å². The maximum Gasteiger partial charge on any atom is 0.187 e. The quantitative estimate of drug-likeness (QED) is 0.429. The van der Waals surface area contributed by atoms with E-state index in [1.54, 1.807) is 0 Å². The zero-order chi connectivity index (χ0) is 10.8. The molecule has 0 aliphatic heterocycles. The molecule has 4 heteroatoms. The van der Waals surface area contributed by atoms with Crippen molar-refractivity contribution in [3.63, 3.8) is 0 Å². The largest absolute Gasteiger partial charge is 0.358 e. The highest BCUT2D eigenvalue weighted by Gasteiger charge is 2.39. The molecule has 0 aromatic rings. The summed E-state index contributed by atoms with van der Waals surface area (Å²) < 4.78 is 0. The lowest BCUT2D eigenvalue weighted by Crippen LogP contribution is -2.42. The van der Waals surface area contributed by atoms with Crippen LogP contribution in [0.5, 0.6) is 0 Å². The number of hydrazone groups is 1. The monoisotopic (exact) mass is 225 g/mol. The molecule has 0 radical (unpaired) electrons. The number of fused-ring (bicyclic) bond motifs is 2. The summed E-state index contributed by atoms with van der Waals surface area (Å²) in [7, 11) is 0. The number of thiocarbonyl (C=S) groups is 1. The van der Waals surface area contributed by atoms with Crippen LogP contribution < -0.4 is 10.7 Å². The Labute approximate surface area is 96.7 Å². The number of hydrogen-bond donors (Lipinski definition) is 2. The lowest BCUT2D eigenvalue weighted by molar-refractivity contribution is 0.389. The smallest absolute Gasteiger partial charge is 0.187 e. The summed E-state index contributed by atoms with van der Waals surface area (Å²) in [6.07, 6.45) is 5.49. The molecule has 0 saturated heterocycles. The fourth-order valence-corrected chi connectivity index (χ4v) is 2.98. The summed E-state index contributed by atoms with van der Waals surface area (Å²) in [4.78, 5) is 0. The third kappa shape index (κ3) is 2.68. The van der Waals surface area contributed by atoms with E-state index in [1.165, 1.54) is 25.7 Å². The van der Waals surface area contributed by atoms with Crippen LogP contribution in [0.15, 0.2) is 5.10 Å². The molecule has 2 N–H and O–H groups in total. The van der Waals surface area contributed by atoms with E-state index in [-0.39, 0.29) is 0 Å². The Balaban J connectivity index is 1.77. The van der Waals surface area contributed by atoms with Gasteiger partial charge in [0.05, 0.1) is 0 Å². The van der Waals surface area contributed by atoms with E-state index in [0.29, 0.717) is 11.2 Å². The molecule has 15 heavy (non-hydrogen) atoms. The Morgan fingerprint density at radius 1 is 1.27 bits per heavy atom. The number of nitrogens with one attached hydrogen (secondary N) is 2. The summed E-state index contributed by atoms with van der Waals surface area (Å²) in [5, 5.41) is 8.15. The minimum Gasteiger partial charge on any atom is -0.358 e. The molecule has 2 fully saturated rings. The van der Waals surface area contributed by atoms with E-state index < -0.39 is 0 Å². The van der Waals surface area contributed by atoms with Gasteiger partial charge in [-0.05, 0) is 57.2 Å². The van der Waals surface area contributed by atoms with Crippen molar-refractivity contribution in [2.24, 2.45) is 16.9 Å². The highest BCUT2D eigenvalue weighted by Crippen LogP contribution is 2.44. The van der Waals surface area contributed by atoms with Gasteiger partial charge in [0.1, 0.15) is 0 Å². The first-order valence-electron chi connectivity index (χ1n) is 5.72. The minimum absolute atomic E-state index is 0.594. The molecule has 0 aromatic carbocycles. The van der Waals surface area contributed by atoms with Crippen LogP contribution in [0.3, 0.4) is 0 Å². The molecular formula is C11H19N3S. The Hall–Kier alpha value is -0.640. The van der Waals surface area contributed by atoms with Gasteiger partial charge in [-0.1, -0.05) is 6.42 Å². The van der Waals surface area contributed by atoms with Crippen molar-refractivity contribution in [3.05, 3.63) is 0 Å². The molecular weight excluding hydrogens is 206 g/mol. The maximum absolute atomic E-state index is 5.20. The second-order valence-electron chi connectivity index (χ2n) is 4.93. The second kappa shape index (κ2) is 4.47. The van der Waals surface area contributed by atoms with Crippen molar-refractivity contribution < 1.29 is 0 Å². The van der Waals surface area contributed by atoms with Crippen LogP contribution >= 0.6 is 12.2 Å². The zero-order valence-corrected chi connectivity index (χ0v) is 10.2. The Bertz CT molecular complexity index is 284. The molecule has 2 bridgehead atoms. The Morgan fingerprint density at radius 2 is 2.07 bits per heavy atom. The molecule has 84 valence electrons. The second-order valence-corrected chi connectivity index (χ2v) is 5.33. The predicted molar refractivity (Wildman–Crippen MR) is 66.9 cm³/mol. The van der Waals surface area contributed by atoms with Crippen molar-refractivity contribution in [1.82, 2.24) is 10.7 Å². The van der Waals surface area contributed by atoms with Crippen molar-refractivity contribution in [3.8, 4) is 0 Å². The third-order valence-corrected chi connectivity index (χ3v) is 3.64. The fraction of sp³-hybridized carbons (Fsp3) is 0.818. The lowest BCUT2D eigenvalue weighted by atomic mass is 9.96. The minimum atomic E-state index is 0.594. The lowest BCUT2D eigenvalue weighted by Gasteiger charge is -2.23. The van der Waals surface area contributed by atoms with Gasteiger partial charge >= 0.3 is 0 Å². The predicted octanol–water partition coefficient (Wildman–Crippen LogP) is 2.03.